The van der Waals surface area contributed by atoms with Gasteiger partial charge < -0.3 is 10.1 Å². The Kier molecular flexibility index (Phi) is 6.04. The van der Waals surface area contributed by atoms with Crippen LogP contribution < -0.4 is 5.32 Å². The number of benzene rings is 2. The molecule has 0 atom stereocenters. The minimum absolute atomic E-state index is 0.201. The van der Waals surface area contributed by atoms with Gasteiger partial charge in [-0.15, -0.1) is 11.3 Å². The van der Waals surface area contributed by atoms with Gasteiger partial charge in [0.2, 0.25) is 5.91 Å². The highest BCUT2D eigenvalue weighted by atomic mass is 32.1. The number of esters is 1. The Morgan fingerprint density at radius 2 is 1.87 bits per heavy atom. The molecule has 0 aliphatic carbocycles. The quantitative estimate of drug-likeness (QED) is 0.430. The number of ether oxygens (including phenoxy) is 1. The Bertz CT molecular complexity index is 1270. The number of carbonyl (C=O) groups is 2. The molecule has 0 saturated carbocycles. The lowest BCUT2D eigenvalue weighted by Crippen LogP contribution is -2.07. The Morgan fingerprint density at radius 1 is 1.06 bits per heavy atom. The van der Waals surface area contributed by atoms with E-state index >= 15 is 0 Å². The van der Waals surface area contributed by atoms with Crippen molar-refractivity contribution in [3.05, 3.63) is 76.9 Å². The van der Waals surface area contributed by atoms with Crippen LogP contribution in [-0.2, 0) is 16.0 Å². The first-order valence-corrected chi connectivity index (χ1v) is 10.7. The number of fused-ring (bicyclic) bond motifs is 1. The summed E-state index contributed by atoms with van der Waals surface area (Å²) in [6, 6.07) is 17.9. The fourth-order valence-corrected chi connectivity index (χ4v) is 4.28. The molecule has 2 heterocycles. The SMILES string of the molecule is CCOC(=O)c1sc(-c2ccnc(NC(C)=O)c2)nc1Cc1ccc2ccccc2c1. The van der Waals surface area contributed by atoms with Crippen molar-refractivity contribution in [3.8, 4) is 10.6 Å². The third-order valence-corrected chi connectivity index (χ3v) is 5.78. The van der Waals surface area contributed by atoms with E-state index in [0.29, 0.717) is 34.4 Å². The number of amides is 1. The van der Waals surface area contributed by atoms with E-state index in [9.17, 15) is 9.59 Å². The van der Waals surface area contributed by atoms with Crippen LogP contribution in [0.4, 0.5) is 5.82 Å². The maximum atomic E-state index is 12.6. The van der Waals surface area contributed by atoms with Crippen LogP contribution in [0.15, 0.2) is 60.8 Å². The summed E-state index contributed by atoms with van der Waals surface area (Å²) < 4.78 is 5.26. The number of rotatable bonds is 6. The average Bonchev–Trinajstić information content (AvgIpc) is 3.17. The molecule has 2 aromatic carbocycles. The summed E-state index contributed by atoms with van der Waals surface area (Å²) >= 11 is 1.28. The van der Waals surface area contributed by atoms with Crippen molar-refractivity contribution < 1.29 is 14.3 Å². The Morgan fingerprint density at radius 3 is 2.65 bits per heavy atom. The molecule has 1 amide bonds. The van der Waals surface area contributed by atoms with Crippen LogP contribution in [-0.4, -0.2) is 28.5 Å². The Balaban J connectivity index is 1.71. The molecule has 156 valence electrons. The van der Waals surface area contributed by atoms with Crippen molar-refractivity contribution in [1.29, 1.82) is 0 Å². The molecule has 0 bridgehead atoms. The largest absolute Gasteiger partial charge is 0.462 e. The molecule has 0 saturated heterocycles. The number of thiazole rings is 1. The monoisotopic (exact) mass is 431 g/mol. The van der Waals surface area contributed by atoms with Crippen LogP contribution in [0.5, 0.6) is 0 Å². The molecular weight excluding hydrogens is 410 g/mol. The van der Waals surface area contributed by atoms with Crippen molar-refractivity contribution in [2.45, 2.75) is 20.3 Å². The van der Waals surface area contributed by atoms with E-state index in [2.05, 4.69) is 40.6 Å². The number of anilines is 1. The molecule has 1 N–H and O–H groups in total. The first-order chi connectivity index (χ1) is 15.0. The van der Waals surface area contributed by atoms with Crippen molar-refractivity contribution in [2.75, 3.05) is 11.9 Å². The number of nitrogens with one attached hydrogen (secondary N) is 1. The summed E-state index contributed by atoms with van der Waals surface area (Å²) in [5.41, 5.74) is 2.51. The normalized spacial score (nSPS) is 10.8. The number of carbonyl (C=O) groups excluding carboxylic acids is 2. The van der Waals surface area contributed by atoms with Crippen LogP contribution >= 0.6 is 11.3 Å². The van der Waals surface area contributed by atoms with Gasteiger partial charge in [-0.3, -0.25) is 4.79 Å². The minimum atomic E-state index is -0.377. The standard InChI is InChI=1S/C24H21N3O3S/c1-3-30-24(29)22-20(13-16-8-9-17-6-4-5-7-18(17)12-16)27-23(31-22)19-10-11-25-21(14-19)26-15(2)28/h4-12,14H,3,13H2,1-2H3,(H,25,26,28). The van der Waals surface area contributed by atoms with Gasteiger partial charge in [-0.2, -0.15) is 0 Å². The number of aromatic nitrogens is 2. The summed E-state index contributed by atoms with van der Waals surface area (Å²) in [7, 11) is 0. The van der Waals surface area contributed by atoms with Crippen molar-refractivity contribution in [3.63, 3.8) is 0 Å². The average molecular weight is 432 g/mol. The van der Waals surface area contributed by atoms with Gasteiger partial charge in [-0.25, -0.2) is 14.8 Å². The van der Waals surface area contributed by atoms with Crippen LogP contribution in [0.2, 0.25) is 0 Å². The number of nitrogens with zero attached hydrogens (tertiary/aromatic N) is 2. The summed E-state index contributed by atoms with van der Waals surface area (Å²) in [5, 5.41) is 5.65. The zero-order chi connectivity index (χ0) is 21.8. The predicted octanol–water partition coefficient (Wildman–Crippen LogP) is 5.08. The van der Waals surface area contributed by atoms with Gasteiger partial charge in [0.15, 0.2) is 0 Å². The number of pyridine rings is 1. The van der Waals surface area contributed by atoms with Gasteiger partial charge in [0.05, 0.1) is 12.3 Å². The fourth-order valence-electron chi connectivity index (χ4n) is 3.31. The van der Waals surface area contributed by atoms with E-state index in [1.807, 2.05) is 12.1 Å². The molecule has 2 aromatic heterocycles. The molecule has 0 spiro atoms. The van der Waals surface area contributed by atoms with E-state index in [0.717, 1.165) is 21.9 Å². The summed E-state index contributed by atoms with van der Waals surface area (Å²) in [6.45, 7) is 3.51. The number of hydrogen-bond acceptors (Lipinski definition) is 6. The van der Waals surface area contributed by atoms with Gasteiger partial charge in [0.1, 0.15) is 15.7 Å². The highest BCUT2D eigenvalue weighted by Gasteiger charge is 2.21. The van der Waals surface area contributed by atoms with Crippen molar-refractivity contribution >= 4 is 39.8 Å². The molecule has 31 heavy (non-hydrogen) atoms. The molecule has 0 unspecified atom stereocenters. The van der Waals surface area contributed by atoms with Crippen LogP contribution in [0.25, 0.3) is 21.3 Å². The second-order valence-corrected chi connectivity index (χ2v) is 7.98. The summed E-state index contributed by atoms with van der Waals surface area (Å²) in [5.74, 6) is -0.139. The molecule has 4 aromatic rings. The summed E-state index contributed by atoms with van der Waals surface area (Å²) in [4.78, 5) is 33.3. The van der Waals surface area contributed by atoms with E-state index in [4.69, 9.17) is 9.72 Å². The zero-order valence-corrected chi connectivity index (χ0v) is 18.0. The van der Waals surface area contributed by atoms with Gasteiger partial charge >= 0.3 is 5.97 Å². The maximum absolute atomic E-state index is 12.6. The lowest BCUT2D eigenvalue weighted by molar-refractivity contribution is -0.114. The predicted molar refractivity (Wildman–Crippen MR) is 122 cm³/mol. The van der Waals surface area contributed by atoms with E-state index in [1.54, 1.807) is 25.3 Å². The molecule has 6 nitrogen and oxygen atoms in total. The van der Waals surface area contributed by atoms with E-state index in [-0.39, 0.29) is 11.9 Å². The van der Waals surface area contributed by atoms with Gasteiger partial charge in [-0.05, 0) is 35.4 Å². The Hall–Kier alpha value is -3.58. The zero-order valence-electron chi connectivity index (χ0n) is 17.2. The number of hydrogen-bond donors (Lipinski definition) is 1. The van der Waals surface area contributed by atoms with Gasteiger partial charge in [0, 0.05) is 25.1 Å². The fraction of sp³-hybridized carbons (Fsp3) is 0.167. The third kappa shape index (κ3) is 4.78. The third-order valence-electron chi connectivity index (χ3n) is 4.65. The van der Waals surface area contributed by atoms with Crippen molar-refractivity contribution in [2.24, 2.45) is 0 Å². The van der Waals surface area contributed by atoms with E-state index < -0.39 is 0 Å². The minimum Gasteiger partial charge on any atom is -0.462 e. The first-order valence-electron chi connectivity index (χ1n) is 9.92. The lowest BCUT2D eigenvalue weighted by Gasteiger charge is -2.05. The molecule has 0 aliphatic heterocycles. The Labute approximate surface area is 183 Å². The van der Waals surface area contributed by atoms with Crippen LogP contribution in [0.3, 0.4) is 0 Å². The molecule has 4 rings (SSSR count). The van der Waals surface area contributed by atoms with Crippen LogP contribution in [0, 0.1) is 0 Å². The molecular formula is C24H21N3O3S. The maximum Gasteiger partial charge on any atom is 0.350 e. The second kappa shape index (κ2) is 9.06. The van der Waals surface area contributed by atoms with Gasteiger partial charge in [0.25, 0.3) is 0 Å². The molecule has 7 heteroatoms. The molecule has 0 radical (unpaired) electrons. The molecule has 0 aliphatic rings. The van der Waals surface area contributed by atoms with Gasteiger partial charge in [-0.1, -0.05) is 42.5 Å². The highest BCUT2D eigenvalue weighted by Crippen LogP contribution is 2.31. The smallest absolute Gasteiger partial charge is 0.350 e. The van der Waals surface area contributed by atoms with Crippen molar-refractivity contribution in [1.82, 2.24) is 9.97 Å². The highest BCUT2D eigenvalue weighted by molar-refractivity contribution is 7.17. The van der Waals surface area contributed by atoms with Crippen LogP contribution in [0.1, 0.15) is 34.8 Å². The first kappa shape index (κ1) is 20.7. The summed E-state index contributed by atoms with van der Waals surface area (Å²) in [6.07, 6.45) is 2.12. The lowest BCUT2D eigenvalue weighted by atomic mass is 10.0. The van der Waals surface area contributed by atoms with E-state index in [1.165, 1.54) is 18.3 Å². The molecule has 0 fully saturated rings. The topological polar surface area (TPSA) is 81.2 Å². The second-order valence-electron chi connectivity index (χ2n) is 6.98.